The lowest BCUT2D eigenvalue weighted by Crippen LogP contribution is -2.30. The first-order valence-corrected chi connectivity index (χ1v) is 5.41. The lowest BCUT2D eigenvalue weighted by Gasteiger charge is -2.00. The van der Waals surface area contributed by atoms with Crippen LogP contribution >= 0.6 is 0 Å². The van der Waals surface area contributed by atoms with Crippen LogP contribution < -0.4 is 4.57 Å². The molecule has 0 unspecified atom stereocenters. The van der Waals surface area contributed by atoms with Gasteiger partial charge in [-0.05, 0) is 29.7 Å². The first-order valence-electron chi connectivity index (χ1n) is 5.41. The maximum absolute atomic E-state index is 13.2. The number of fused-ring (bicyclic) bond motifs is 1. The Labute approximate surface area is 98.8 Å². The molecule has 0 amide bonds. The van der Waals surface area contributed by atoms with Gasteiger partial charge in [0.05, 0.1) is 5.39 Å². The minimum atomic E-state index is -0.246. The van der Waals surface area contributed by atoms with E-state index in [1.807, 2.05) is 42.6 Å². The molecular formula is C15H10FN+. The van der Waals surface area contributed by atoms with E-state index in [-0.39, 0.29) is 5.82 Å². The normalized spacial score (nSPS) is 10.6. The molecule has 0 aliphatic carbocycles. The fourth-order valence-electron chi connectivity index (χ4n) is 1.95. The molecule has 0 aliphatic rings. The topological polar surface area (TPSA) is 3.88 Å². The Kier molecular flexibility index (Phi) is 2.33. The van der Waals surface area contributed by atoms with Gasteiger partial charge in [0.25, 0.3) is 0 Å². The molecular weight excluding hydrogens is 213 g/mol. The Morgan fingerprint density at radius 2 is 1.88 bits per heavy atom. The second-order valence-electron chi connectivity index (χ2n) is 3.84. The van der Waals surface area contributed by atoms with Crippen LogP contribution in [0.4, 0.5) is 4.39 Å². The molecule has 2 aromatic carbocycles. The van der Waals surface area contributed by atoms with Crippen molar-refractivity contribution in [2.24, 2.45) is 0 Å². The Hall–Kier alpha value is -2.22. The van der Waals surface area contributed by atoms with Gasteiger partial charge >= 0.3 is 0 Å². The maximum atomic E-state index is 13.2. The van der Waals surface area contributed by atoms with Gasteiger partial charge < -0.3 is 0 Å². The monoisotopic (exact) mass is 223 g/mol. The van der Waals surface area contributed by atoms with Crippen molar-refractivity contribution >= 4 is 10.8 Å². The van der Waals surface area contributed by atoms with Crippen LogP contribution in [-0.4, -0.2) is 0 Å². The summed E-state index contributed by atoms with van der Waals surface area (Å²) < 4.78 is 15.0. The zero-order valence-electron chi connectivity index (χ0n) is 9.10. The molecule has 0 N–H and O–H groups in total. The summed E-state index contributed by atoms with van der Waals surface area (Å²) in [6.45, 7) is 0. The molecule has 3 aromatic rings. The molecule has 0 atom stereocenters. The van der Waals surface area contributed by atoms with Crippen molar-refractivity contribution in [3.05, 3.63) is 72.8 Å². The van der Waals surface area contributed by atoms with Crippen LogP contribution in [0.2, 0.25) is 0 Å². The van der Waals surface area contributed by atoms with E-state index in [0.29, 0.717) is 0 Å². The highest BCUT2D eigenvalue weighted by Gasteiger charge is 2.10. The molecule has 81 valence electrons. The summed E-state index contributed by atoms with van der Waals surface area (Å²) in [6, 6.07) is 18.0. The maximum Gasteiger partial charge on any atom is 0.218 e. The van der Waals surface area contributed by atoms with Crippen LogP contribution in [-0.2, 0) is 0 Å². The number of benzene rings is 2. The van der Waals surface area contributed by atoms with Crippen molar-refractivity contribution in [3.63, 3.8) is 0 Å². The average molecular weight is 223 g/mol. The van der Waals surface area contributed by atoms with E-state index in [4.69, 9.17) is 0 Å². The quantitative estimate of drug-likeness (QED) is 0.558. The van der Waals surface area contributed by atoms with Gasteiger partial charge in [0.2, 0.25) is 11.9 Å². The van der Waals surface area contributed by atoms with E-state index < -0.39 is 0 Å². The second-order valence-corrected chi connectivity index (χ2v) is 3.84. The van der Waals surface area contributed by atoms with Gasteiger partial charge in [-0.2, -0.15) is 4.57 Å². The Balaban J connectivity index is 2.30. The average Bonchev–Trinajstić information content (AvgIpc) is 2.38. The highest BCUT2D eigenvalue weighted by atomic mass is 19.1. The molecule has 17 heavy (non-hydrogen) atoms. The van der Waals surface area contributed by atoms with Crippen LogP contribution in [0.3, 0.4) is 0 Å². The molecule has 2 heteroatoms. The van der Waals surface area contributed by atoms with E-state index in [1.54, 1.807) is 10.6 Å². The third kappa shape index (κ3) is 1.78. The first kappa shape index (κ1) is 9.97. The number of halogens is 1. The van der Waals surface area contributed by atoms with Crippen LogP contribution in [0.1, 0.15) is 0 Å². The third-order valence-electron chi connectivity index (χ3n) is 2.73. The standard InChI is InChI=1S/C15H10FN/c16-13-7-4-10-17(11-13)15-9-3-6-12-5-1-2-8-14(12)15/h1-5,7-11H/q+1. The zero-order chi connectivity index (χ0) is 11.7. The summed E-state index contributed by atoms with van der Waals surface area (Å²) in [6.07, 6.45) is 3.31. The molecule has 0 bridgehead atoms. The van der Waals surface area contributed by atoms with Gasteiger partial charge in [-0.15, -0.1) is 0 Å². The molecule has 0 fully saturated rings. The summed E-state index contributed by atoms with van der Waals surface area (Å²) in [4.78, 5) is 0. The van der Waals surface area contributed by atoms with Gasteiger partial charge in [-0.25, -0.2) is 4.39 Å². The molecule has 3 rings (SSSR count). The number of hydrogen-bond donors (Lipinski definition) is 0. The van der Waals surface area contributed by atoms with Crippen LogP contribution in [0.15, 0.2) is 60.9 Å². The Morgan fingerprint density at radius 1 is 1.00 bits per heavy atom. The zero-order valence-corrected chi connectivity index (χ0v) is 9.10. The van der Waals surface area contributed by atoms with Crippen LogP contribution in [0.25, 0.3) is 16.5 Å². The van der Waals surface area contributed by atoms with Gasteiger partial charge in [-0.3, -0.25) is 0 Å². The van der Waals surface area contributed by atoms with Gasteiger partial charge in [0.15, 0.2) is 12.0 Å². The van der Waals surface area contributed by atoms with E-state index in [2.05, 4.69) is 6.07 Å². The van der Waals surface area contributed by atoms with Gasteiger partial charge in [-0.1, -0.05) is 18.2 Å². The molecule has 0 spiro atoms. The smallest absolute Gasteiger partial charge is 0.200 e. The molecule has 1 nitrogen and oxygen atoms in total. The van der Waals surface area contributed by atoms with E-state index in [1.165, 1.54) is 12.3 Å². The van der Waals surface area contributed by atoms with Crippen LogP contribution in [0, 0.1) is 11.9 Å². The summed E-state index contributed by atoms with van der Waals surface area (Å²) >= 11 is 0. The number of aromatic nitrogens is 1. The fraction of sp³-hybridized carbons (Fsp3) is 0. The third-order valence-corrected chi connectivity index (χ3v) is 2.73. The second kappa shape index (κ2) is 3.98. The summed E-state index contributed by atoms with van der Waals surface area (Å²) in [5, 5.41) is 2.09. The Morgan fingerprint density at radius 3 is 2.76 bits per heavy atom. The number of rotatable bonds is 1. The molecule has 0 saturated carbocycles. The van der Waals surface area contributed by atoms with E-state index in [9.17, 15) is 4.39 Å². The molecule has 0 saturated heterocycles. The van der Waals surface area contributed by atoms with Gasteiger partial charge in [0, 0.05) is 12.1 Å². The number of pyridine rings is 1. The van der Waals surface area contributed by atoms with Crippen molar-refractivity contribution in [2.75, 3.05) is 0 Å². The lowest BCUT2D eigenvalue weighted by atomic mass is 10.1. The minimum absolute atomic E-state index is 0.246. The molecule has 1 aromatic heterocycles. The summed E-state index contributed by atoms with van der Waals surface area (Å²) in [7, 11) is 0. The Bertz CT molecular complexity index is 671. The highest BCUT2D eigenvalue weighted by Crippen LogP contribution is 2.17. The van der Waals surface area contributed by atoms with Crippen molar-refractivity contribution in [1.29, 1.82) is 0 Å². The highest BCUT2D eigenvalue weighted by molar-refractivity contribution is 5.87. The number of nitrogens with zero attached hydrogens (tertiary/aromatic N) is 1. The summed E-state index contributed by atoms with van der Waals surface area (Å²) in [5.41, 5.74) is 0.957. The van der Waals surface area contributed by atoms with E-state index in [0.717, 1.165) is 16.5 Å². The van der Waals surface area contributed by atoms with E-state index >= 15 is 0 Å². The first-order chi connectivity index (χ1) is 8.34. The van der Waals surface area contributed by atoms with Crippen molar-refractivity contribution in [3.8, 4) is 5.69 Å². The fourth-order valence-corrected chi connectivity index (χ4v) is 1.95. The predicted octanol–water partition coefficient (Wildman–Crippen LogP) is 3.06. The van der Waals surface area contributed by atoms with Crippen LogP contribution in [0.5, 0.6) is 0 Å². The predicted molar refractivity (Wildman–Crippen MR) is 64.3 cm³/mol. The lowest BCUT2D eigenvalue weighted by molar-refractivity contribution is -0.595. The molecule has 1 heterocycles. The van der Waals surface area contributed by atoms with Crippen molar-refractivity contribution in [1.82, 2.24) is 0 Å². The summed E-state index contributed by atoms with van der Waals surface area (Å²) in [5.74, 6) is -0.246. The van der Waals surface area contributed by atoms with Crippen molar-refractivity contribution in [2.45, 2.75) is 0 Å². The molecule has 1 radical (unpaired) electrons. The minimum Gasteiger partial charge on any atom is -0.200 e. The molecule has 0 aliphatic heterocycles. The van der Waals surface area contributed by atoms with Crippen molar-refractivity contribution < 1.29 is 8.96 Å². The largest absolute Gasteiger partial charge is 0.218 e. The van der Waals surface area contributed by atoms with Gasteiger partial charge in [0.1, 0.15) is 0 Å². The SMILES string of the molecule is Fc1ccc[n+](-c2cc[c]c3ccccc23)c1. The number of hydrogen-bond acceptors (Lipinski definition) is 0.